The fourth-order valence-corrected chi connectivity index (χ4v) is 10.6. The van der Waals surface area contributed by atoms with Crippen molar-refractivity contribution in [1.82, 2.24) is 29.7 Å². The van der Waals surface area contributed by atoms with Gasteiger partial charge < -0.3 is 49.9 Å². The van der Waals surface area contributed by atoms with Crippen LogP contribution in [0.25, 0.3) is 0 Å². The van der Waals surface area contributed by atoms with E-state index in [-0.39, 0.29) is 65.8 Å². The number of ether oxygens (including phenoxy) is 2. The summed E-state index contributed by atoms with van der Waals surface area (Å²) in [6.45, 7) is 10.8. The minimum atomic E-state index is -4.52. The van der Waals surface area contributed by atoms with Gasteiger partial charge in [0.2, 0.25) is 11.9 Å². The van der Waals surface area contributed by atoms with Gasteiger partial charge in [-0.2, -0.15) is 9.97 Å². The van der Waals surface area contributed by atoms with E-state index in [0.29, 0.717) is 73.7 Å². The lowest BCUT2D eigenvalue weighted by Gasteiger charge is -2.27. The monoisotopic (exact) mass is 1230 g/mol. The molecule has 6 rings (SSSR count). The number of carboxylic acid groups (broad SMARTS) is 2. The van der Waals surface area contributed by atoms with Crippen molar-refractivity contribution in [3.63, 3.8) is 0 Å². The molecule has 0 saturated heterocycles. The number of carbonyl (C=O) groups excluding carboxylic acids is 2. The highest BCUT2D eigenvalue weighted by Crippen LogP contribution is 2.34. The number of nitrogens with zero attached hydrogens (tertiary/aromatic N) is 10. The van der Waals surface area contributed by atoms with E-state index in [9.17, 15) is 63.8 Å². The van der Waals surface area contributed by atoms with Crippen molar-refractivity contribution in [2.45, 2.75) is 69.3 Å². The summed E-state index contributed by atoms with van der Waals surface area (Å²) in [6, 6.07) is 13.7. The summed E-state index contributed by atoms with van der Waals surface area (Å²) >= 11 is 0. The summed E-state index contributed by atoms with van der Waals surface area (Å²) in [6.07, 6.45) is 1.15. The Morgan fingerprint density at radius 3 is 1.19 bits per heavy atom. The van der Waals surface area contributed by atoms with Crippen LogP contribution in [0, 0.1) is 23.3 Å². The van der Waals surface area contributed by atoms with Gasteiger partial charge in [-0.15, -0.1) is 0 Å². The highest BCUT2D eigenvalue weighted by atomic mass is 32.2. The van der Waals surface area contributed by atoms with E-state index in [2.05, 4.69) is 30.6 Å². The summed E-state index contributed by atoms with van der Waals surface area (Å²) in [5.41, 5.74) is 0.878. The molecule has 30 heteroatoms. The first-order valence-corrected chi connectivity index (χ1v) is 29.1. The maximum atomic E-state index is 14.0. The van der Waals surface area contributed by atoms with Crippen LogP contribution in [0.5, 0.6) is 11.5 Å². The van der Waals surface area contributed by atoms with Crippen molar-refractivity contribution < 1.29 is 73.3 Å². The lowest BCUT2D eigenvalue weighted by Crippen LogP contribution is -2.36. The molecular weight excluding hydrogens is 1160 g/mol. The third kappa shape index (κ3) is 17.5. The number of nitrogens with one attached hydrogen (secondary N) is 2. The lowest BCUT2D eigenvalue weighted by atomic mass is 10.1. The van der Waals surface area contributed by atoms with Gasteiger partial charge in [-0.25, -0.2) is 63.5 Å². The maximum absolute atomic E-state index is 14.0. The Morgan fingerprint density at radius 1 is 0.518 bits per heavy atom. The second-order valence-electron chi connectivity index (χ2n) is 18.8. The van der Waals surface area contributed by atoms with Crippen LogP contribution in [0.1, 0.15) is 45.7 Å². The molecule has 2 atom stereocenters. The van der Waals surface area contributed by atoms with Crippen molar-refractivity contribution >= 4 is 79.1 Å². The zero-order valence-corrected chi connectivity index (χ0v) is 49.8. The quantitative estimate of drug-likeness (QED) is 0.0402. The number of hydrogen-bond donors (Lipinski definition) is 4. The van der Waals surface area contributed by atoms with Gasteiger partial charge >= 0.3 is 24.1 Å². The van der Waals surface area contributed by atoms with Crippen LogP contribution >= 0.6 is 0 Å². The van der Waals surface area contributed by atoms with Gasteiger partial charge in [-0.05, 0) is 94.3 Å². The summed E-state index contributed by atoms with van der Waals surface area (Å²) in [4.78, 5) is 70.5. The molecular formula is C55H66F4N12O12S2. The van der Waals surface area contributed by atoms with E-state index in [4.69, 9.17) is 9.47 Å². The number of aromatic nitrogens is 4. The Kier molecular flexibility index (Phi) is 23.1. The first-order valence-electron chi connectivity index (χ1n) is 26.2. The minimum absolute atomic E-state index is 0.0602. The molecule has 0 aliphatic rings. The molecule has 0 bridgehead atoms. The SMILES string of the molecule is CCN(CC)c1ncc(N(C)S(=O)(=O)c2cc(F)cc(F)c2)c(NC(Cc2ccc(OC(=O)N(C)C)cc2)C(=O)O)n1.CCN(CC)c1ncc(N(CC)S(=O)(=O)c2cc(F)cc(F)c2)c(NC(Cc2ccc(OC(=O)N(C)C)cc2)C(=O)O)n1. The van der Waals surface area contributed by atoms with Gasteiger partial charge in [0.05, 0.1) is 22.2 Å². The van der Waals surface area contributed by atoms with E-state index >= 15 is 0 Å². The number of halogens is 4. The van der Waals surface area contributed by atoms with Crippen molar-refractivity contribution in [3.05, 3.63) is 132 Å². The van der Waals surface area contributed by atoms with Crippen molar-refractivity contribution in [2.75, 3.05) is 97.0 Å². The van der Waals surface area contributed by atoms with Crippen LogP contribution in [-0.2, 0) is 42.5 Å². The normalized spacial score (nSPS) is 11.9. The number of carbonyl (C=O) groups is 4. The third-order valence-corrected chi connectivity index (χ3v) is 16.1. The second-order valence-corrected chi connectivity index (χ2v) is 22.6. The molecule has 0 fully saturated rings. The molecule has 2 aromatic heterocycles. The van der Waals surface area contributed by atoms with Gasteiger partial charge in [-0.3, -0.25) is 8.61 Å². The smallest absolute Gasteiger partial charge is 0.414 e. The number of hydrogen-bond acceptors (Lipinski definition) is 18. The third-order valence-electron chi connectivity index (χ3n) is 12.5. The van der Waals surface area contributed by atoms with Gasteiger partial charge in [-0.1, -0.05) is 24.3 Å². The molecule has 24 nitrogen and oxygen atoms in total. The molecule has 0 radical (unpaired) electrons. The van der Waals surface area contributed by atoms with Crippen LogP contribution in [0.15, 0.2) is 107 Å². The van der Waals surface area contributed by atoms with E-state index in [1.165, 1.54) is 81.6 Å². The molecule has 4 aromatic carbocycles. The standard InChI is InChI=1S/C28H34F2N6O6S.C27H32F2N6O6S/c1-6-35(7-2)27-31-17-24(36(8-3)43(40,41)22-15-19(29)14-20(30)16-22)25(33-27)32-23(26(37)38)13-18-9-11-21(12-10-18)42-28(39)34(4)5;1-6-35(7-2)26-30-16-23(34(5)42(39,40)21-14-18(28)13-19(29)15-21)24(32-26)31-22(25(36)37)12-17-8-10-20(11-9-17)41-27(38)33(3)4/h9-12,14-17,23H,6-8,13H2,1-5H3,(H,37,38)(H,31,32,33);8-11,13-16,22H,6-7,12H2,1-5H3,(H,36,37)(H,30,31,32). The summed E-state index contributed by atoms with van der Waals surface area (Å²) in [5, 5.41) is 25.7. The molecule has 2 unspecified atom stereocenters. The summed E-state index contributed by atoms with van der Waals surface area (Å²) < 4.78 is 121. The molecule has 458 valence electrons. The first-order chi connectivity index (χ1) is 40.1. The molecule has 4 N–H and O–H groups in total. The maximum Gasteiger partial charge on any atom is 0.414 e. The van der Waals surface area contributed by atoms with E-state index in [1.54, 1.807) is 34.1 Å². The van der Waals surface area contributed by atoms with Crippen molar-refractivity contribution in [2.24, 2.45) is 0 Å². The predicted molar refractivity (Wildman–Crippen MR) is 310 cm³/mol. The number of sulfonamides is 2. The zero-order chi connectivity index (χ0) is 63.1. The van der Waals surface area contributed by atoms with Crippen LogP contribution in [0.2, 0.25) is 0 Å². The average molecular weight is 1230 g/mol. The van der Waals surface area contributed by atoms with E-state index < -0.39 is 89.3 Å². The Morgan fingerprint density at radius 2 is 0.859 bits per heavy atom. The van der Waals surface area contributed by atoms with Crippen LogP contribution < -0.4 is 38.5 Å². The predicted octanol–water partition coefficient (Wildman–Crippen LogP) is 7.58. The van der Waals surface area contributed by atoms with E-state index in [0.717, 1.165) is 15.7 Å². The zero-order valence-electron chi connectivity index (χ0n) is 48.1. The highest BCUT2D eigenvalue weighted by Gasteiger charge is 2.32. The van der Waals surface area contributed by atoms with Crippen molar-refractivity contribution in [3.8, 4) is 11.5 Å². The number of aliphatic carboxylic acids is 2. The molecule has 0 saturated carbocycles. The largest absolute Gasteiger partial charge is 0.480 e. The fraction of sp³-hybridized carbons (Fsp3) is 0.345. The Bertz CT molecular complexity index is 3510. The van der Waals surface area contributed by atoms with Crippen LogP contribution in [-0.4, -0.2) is 161 Å². The number of rotatable bonds is 25. The number of amides is 2. The first kappa shape index (κ1) is 66.7. The van der Waals surface area contributed by atoms with Crippen LogP contribution in [0.3, 0.4) is 0 Å². The number of benzene rings is 4. The minimum Gasteiger partial charge on any atom is -0.480 e. The Hall–Kier alpha value is -9.06. The van der Waals surface area contributed by atoms with Gasteiger partial charge in [0.25, 0.3) is 20.0 Å². The molecule has 2 heterocycles. The Balaban J connectivity index is 0.000000311. The fourth-order valence-electron chi connectivity index (χ4n) is 7.89. The van der Waals surface area contributed by atoms with Gasteiger partial charge in [0.1, 0.15) is 58.2 Å². The summed E-state index contributed by atoms with van der Waals surface area (Å²) in [7, 11) is -1.76. The molecule has 85 heavy (non-hydrogen) atoms. The molecule has 0 aliphatic carbocycles. The topological polar surface area (TPSA) is 291 Å². The average Bonchev–Trinajstić information content (AvgIpc) is 2.22. The lowest BCUT2D eigenvalue weighted by molar-refractivity contribution is -0.138. The number of anilines is 6. The molecule has 0 aliphatic heterocycles. The van der Waals surface area contributed by atoms with Crippen molar-refractivity contribution in [1.29, 1.82) is 0 Å². The van der Waals surface area contributed by atoms with E-state index in [1.807, 2.05) is 27.7 Å². The van der Waals surface area contributed by atoms with Gasteiger partial charge in [0, 0.05) is 92.9 Å². The Labute approximate surface area is 489 Å². The van der Waals surface area contributed by atoms with Crippen LogP contribution in [0.4, 0.5) is 62.1 Å². The second kappa shape index (κ2) is 29.5. The van der Waals surface area contributed by atoms with Gasteiger partial charge in [0.15, 0.2) is 11.6 Å². The molecule has 0 spiro atoms. The summed E-state index contributed by atoms with van der Waals surface area (Å²) in [5.74, 6) is -6.10. The molecule has 2 amide bonds. The number of carboxylic acids is 2. The molecule has 6 aromatic rings. The highest BCUT2D eigenvalue weighted by molar-refractivity contribution is 7.93.